The van der Waals surface area contributed by atoms with Crippen LogP contribution in [0.15, 0.2) is 48.9 Å². The normalized spacial score (nSPS) is 33.2. The number of hydrogen-bond acceptors (Lipinski definition) is 6. The van der Waals surface area contributed by atoms with Crippen LogP contribution in [-0.4, -0.2) is 37.6 Å². The number of aliphatic hydroxyl groups excluding tert-OH is 1. The number of hydrogen-bond donors (Lipinski definition) is 2. The highest BCUT2D eigenvalue weighted by molar-refractivity contribution is 6.42. The molecule has 3 aromatic rings. The van der Waals surface area contributed by atoms with E-state index in [1.54, 1.807) is 18.2 Å². The summed E-state index contributed by atoms with van der Waals surface area (Å²) in [4.78, 5) is 8.59. The molecule has 1 aliphatic heterocycles. The van der Waals surface area contributed by atoms with Gasteiger partial charge in [0.2, 0.25) is 0 Å². The fourth-order valence-electron chi connectivity index (χ4n) is 5.72. The minimum atomic E-state index is -0.858. The summed E-state index contributed by atoms with van der Waals surface area (Å²) >= 11 is 12.4. The summed E-state index contributed by atoms with van der Waals surface area (Å²) in [5, 5.41) is 13.3. The van der Waals surface area contributed by atoms with Gasteiger partial charge in [0, 0.05) is 12.1 Å². The third-order valence-electron chi connectivity index (χ3n) is 7.09. The molecule has 2 aliphatic carbocycles. The summed E-state index contributed by atoms with van der Waals surface area (Å²) in [5.41, 5.74) is 6.80. The first-order chi connectivity index (χ1) is 15.2. The van der Waals surface area contributed by atoms with Crippen LogP contribution in [0.5, 0.6) is 0 Å². The molecule has 1 unspecified atom stereocenters. The standard InChI is InChI=1S/C23H22Cl2N4O3/c1-22(2)31-17-16(29-8-6-12-20(26)27-10-28-21(12)29)13-5-7-23(13,19(17)32-22)18(30)11-3-4-14(24)15(25)9-11/h3-10,13,16-19,30H,1-2H3,(H2,26,27,28)/t13-,16-,17+,18?,19+,23-/m1/s1. The summed E-state index contributed by atoms with van der Waals surface area (Å²) in [6, 6.07) is 7.00. The molecule has 32 heavy (non-hydrogen) atoms. The van der Waals surface area contributed by atoms with E-state index in [0.717, 1.165) is 11.0 Å². The molecule has 2 aromatic heterocycles. The van der Waals surface area contributed by atoms with Gasteiger partial charge in [-0.3, -0.25) is 0 Å². The zero-order valence-corrected chi connectivity index (χ0v) is 19.0. The molecule has 0 bridgehead atoms. The third-order valence-corrected chi connectivity index (χ3v) is 7.83. The van der Waals surface area contributed by atoms with Crippen molar-refractivity contribution in [2.45, 2.75) is 44.0 Å². The molecular weight excluding hydrogens is 451 g/mol. The van der Waals surface area contributed by atoms with Crippen molar-refractivity contribution < 1.29 is 14.6 Å². The molecule has 6 rings (SSSR count). The first-order valence-corrected chi connectivity index (χ1v) is 11.2. The van der Waals surface area contributed by atoms with Crippen LogP contribution >= 0.6 is 23.2 Å². The highest BCUT2D eigenvalue weighted by Gasteiger charge is 2.71. The van der Waals surface area contributed by atoms with Crippen molar-refractivity contribution in [3.63, 3.8) is 0 Å². The average Bonchev–Trinajstić information content (AvgIpc) is 3.33. The molecule has 0 amide bonds. The van der Waals surface area contributed by atoms with E-state index in [9.17, 15) is 5.11 Å². The fourth-order valence-corrected chi connectivity index (χ4v) is 6.02. The first-order valence-electron chi connectivity index (χ1n) is 10.5. The number of halogens is 2. The second-order valence-corrected chi connectivity index (χ2v) is 10.0. The number of fused-ring (bicyclic) bond motifs is 4. The largest absolute Gasteiger partial charge is 0.387 e. The summed E-state index contributed by atoms with van der Waals surface area (Å²) < 4.78 is 14.9. The highest BCUT2D eigenvalue weighted by Crippen LogP contribution is 2.67. The van der Waals surface area contributed by atoms with Crippen LogP contribution < -0.4 is 5.73 Å². The van der Waals surface area contributed by atoms with Gasteiger partial charge in [-0.15, -0.1) is 0 Å². The maximum Gasteiger partial charge on any atom is 0.163 e. The maximum atomic E-state index is 11.7. The average molecular weight is 473 g/mol. The lowest BCUT2D eigenvalue weighted by Gasteiger charge is -2.47. The first kappa shape index (κ1) is 20.4. The van der Waals surface area contributed by atoms with Crippen molar-refractivity contribution in [1.29, 1.82) is 0 Å². The van der Waals surface area contributed by atoms with Gasteiger partial charge < -0.3 is 24.9 Å². The van der Waals surface area contributed by atoms with Gasteiger partial charge in [-0.05, 0) is 37.6 Å². The number of benzene rings is 1. The third kappa shape index (κ3) is 2.60. The van der Waals surface area contributed by atoms with Gasteiger partial charge in [0.25, 0.3) is 0 Å². The monoisotopic (exact) mass is 472 g/mol. The predicted molar refractivity (Wildman–Crippen MR) is 121 cm³/mol. The van der Waals surface area contributed by atoms with Gasteiger partial charge in [0.15, 0.2) is 5.79 Å². The van der Waals surface area contributed by atoms with Crippen LogP contribution in [0.25, 0.3) is 11.0 Å². The van der Waals surface area contributed by atoms with Crippen LogP contribution in [0, 0.1) is 11.3 Å². The summed E-state index contributed by atoms with van der Waals surface area (Å²) in [7, 11) is 0. The number of nitrogens with two attached hydrogens (primary N) is 1. The van der Waals surface area contributed by atoms with Gasteiger partial charge in [-0.25, -0.2) is 9.97 Å². The number of aromatic nitrogens is 3. The molecule has 3 heterocycles. The van der Waals surface area contributed by atoms with Gasteiger partial charge in [0.1, 0.15) is 30.0 Å². The molecule has 3 aliphatic rings. The Morgan fingerprint density at radius 3 is 2.69 bits per heavy atom. The van der Waals surface area contributed by atoms with Crippen LogP contribution in [0.2, 0.25) is 10.0 Å². The minimum Gasteiger partial charge on any atom is -0.387 e. The molecule has 0 spiro atoms. The molecule has 3 N–H and O–H groups in total. The van der Waals surface area contributed by atoms with Gasteiger partial charge in [-0.1, -0.05) is 41.4 Å². The Kier molecular flexibility index (Phi) is 4.27. The Balaban J connectivity index is 1.49. The van der Waals surface area contributed by atoms with E-state index in [1.165, 1.54) is 6.33 Å². The van der Waals surface area contributed by atoms with Crippen molar-refractivity contribution in [2.75, 3.05) is 5.73 Å². The molecule has 9 heteroatoms. The summed E-state index contributed by atoms with van der Waals surface area (Å²) in [6.07, 6.45) is 6.06. The molecule has 2 fully saturated rings. The Labute approximate surface area is 194 Å². The smallest absolute Gasteiger partial charge is 0.163 e. The van der Waals surface area contributed by atoms with Crippen LogP contribution in [0.4, 0.5) is 5.82 Å². The van der Waals surface area contributed by atoms with Crippen molar-refractivity contribution in [3.8, 4) is 0 Å². The zero-order valence-electron chi connectivity index (χ0n) is 17.4. The molecule has 1 saturated carbocycles. The molecule has 7 nitrogen and oxygen atoms in total. The topological polar surface area (TPSA) is 95.4 Å². The van der Waals surface area contributed by atoms with Crippen molar-refractivity contribution >= 4 is 40.1 Å². The number of nitrogen functional groups attached to an aromatic ring is 1. The number of nitrogens with zero attached hydrogens (tertiary/aromatic N) is 3. The molecule has 1 saturated heterocycles. The number of ether oxygens (including phenoxy) is 2. The van der Waals surface area contributed by atoms with E-state index < -0.39 is 17.3 Å². The molecule has 0 radical (unpaired) electrons. The van der Waals surface area contributed by atoms with Crippen LogP contribution in [-0.2, 0) is 9.47 Å². The molecule has 6 atom stereocenters. The van der Waals surface area contributed by atoms with E-state index in [0.29, 0.717) is 21.4 Å². The number of rotatable bonds is 3. The van der Waals surface area contributed by atoms with E-state index in [1.807, 2.05) is 32.2 Å². The Hall–Kier alpha value is -2.16. The van der Waals surface area contributed by atoms with Crippen molar-refractivity contribution in [3.05, 3.63) is 64.6 Å². The van der Waals surface area contributed by atoms with Gasteiger partial charge in [-0.2, -0.15) is 0 Å². The minimum absolute atomic E-state index is 0.0511. The van der Waals surface area contributed by atoms with Gasteiger partial charge in [0.05, 0.1) is 33.0 Å². The van der Waals surface area contributed by atoms with E-state index in [2.05, 4.69) is 20.6 Å². The Bertz CT molecular complexity index is 1280. The second-order valence-electron chi connectivity index (χ2n) is 9.19. The lowest BCUT2D eigenvalue weighted by atomic mass is 9.62. The van der Waals surface area contributed by atoms with Crippen LogP contribution in [0.3, 0.4) is 0 Å². The number of aliphatic hydroxyl groups is 1. The van der Waals surface area contributed by atoms with E-state index in [-0.39, 0.29) is 24.2 Å². The van der Waals surface area contributed by atoms with Gasteiger partial charge >= 0.3 is 0 Å². The quantitative estimate of drug-likeness (QED) is 0.551. The number of allylic oxidation sites excluding steroid dienone is 1. The fraction of sp³-hybridized carbons (Fsp3) is 0.391. The molecular formula is C23H22Cl2N4O3. The second kappa shape index (κ2) is 6.68. The SMILES string of the molecule is CC1(C)O[C@H]2[C@H](n3ccc4c(N)ncnc43)[C@H]3C=C[C@@]3(C(O)c3ccc(Cl)c(Cl)c3)[C@H]2O1. The van der Waals surface area contributed by atoms with Crippen molar-refractivity contribution in [2.24, 2.45) is 11.3 Å². The molecule has 1 aromatic carbocycles. The zero-order chi connectivity index (χ0) is 22.4. The van der Waals surface area contributed by atoms with E-state index >= 15 is 0 Å². The van der Waals surface area contributed by atoms with E-state index in [4.69, 9.17) is 38.4 Å². The summed E-state index contributed by atoms with van der Waals surface area (Å²) in [5.74, 6) is -0.410. The highest BCUT2D eigenvalue weighted by atomic mass is 35.5. The Morgan fingerprint density at radius 1 is 1.16 bits per heavy atom. The maximum absolute atomic E-state index is 11.7. The van der Waals surface area contributed by atoms with Crippen molar-refractivity contribution in [1.82, 2.24) is 14.5 Å². The predicted octanol–water partition coefficient (Wildman–Crippen LogP) is 4.30. The molecule has 166 valence electrons. The lowest BCUT2D eigenvalue weighted by molar-refractivity contribution is -0.183. The lowest BCUT2D eigenvalue weighted by Crippen LogP contribution is -2.47. The number of anilines is 1. The van der Waals surface area contributed by atoms with Crippen LogP contribution in [0.1, 0.15) is 31.6 Å². The summed E-state index contributed by atoms with van der Waals surface area (Å²) in [6.45, 7) is 3.79. The Morgan fingerprint density at radius 2 is 1.97 bits per heavy atom.